The van der Waals surface area contributed by atoms with Crippen molar-refractivity contribution in [2.75, 3.05) is 11.1 Å². The number of rotatable bonds is 2. The highest BCUT2D eigenvalue weighted by molar-refractivity contribution is 6.29. The van der Waals surface area contributed by atoms with Crippen molar-refractivity contribution in [3.05, 3.63) is 40.6 Å². The molecule has 0 aliphatic heterocycles. The third kappa shape index (κ3) is 2.68. The van der Waals surface area contributed by atoms with Gasteiger partial charge in [-0.2, -0.15) is 4.98 Å². The standard InChI is InChI=1S/C10H5ClF4N4/c11-5-2-6(19-10(16)17-5)18-9-7(14)3(12)1-4(13)8(9)15/h1-2H,(H3,16,17,18,19). The van der Waals surface area contributed by atoms with Crippen LogP contribution in [0.15, 0.2) is 12.1 Å². The molecule has 1 aromatic heterocycles. The van der Waals surface area contributed by atoms with Gasteiger partial charge in [-0.25, -0.2) is 22.5 Å². The lowest BCUT2D eigenvalue weighted by molar-refractivity contribution is 0.459. The highest BCUT2D eigenvalue weighted by atomic mass is 35.5. The van der Waals surface area contributed by atoms with Gasteiger partial charge in [-0.3, -0.25) is 0 Å². The number of halogens is 5. The smallest absolute Gasteiger partial charge is 0.223 e. The molecule has 0 saturated heterocycles. The normalized spacial score (nSPS) is 10.6. The van der Waals surface area contributed by atoms with Gasteiger partial charge in [0, 0.05) is 12.1 Å². The number of benzene rings is 1. The van der Waals surface area contributed by atoms with E-state index in [2.05, 4.69) is 15.3 Å². The van der Waals surface area contributed by atoms with Gasteiger partial charge in [0.1, 0.15) is 16.7 Å². The molecule has 3 N–H and O–H groups in total. The molecule has 19 heavy (non-hydrogen) atoms. The Morgan fingerprint density at radius 1 is 1.00 bits per heavy atom. The predicted octanol–water partition coefficient (Wildman–Crippen LogP) is 3.01. The molecule has 4 nitrogen and oxygen atoms in total. The van der Waals surface area contributed by atoms with Crippen molar-refractivity contribution in [3.8, 4) is 0 Å². The average Bonchev–Trinajstić information content (AvgIpc) is 2.31. The Hall–Kier alpha value is -2.09. The van der Waals surface area contributed by atoms with E-state index in [1.54, 1.807) is 0 Å². The van der Waals surface area contributed by atoms with Crippen LogP contribution in [0, 0.1) is 23.3 Å². The van der Waals surface area contributed by atoms with Gasteiger partial charge in [-0.05, 0) is 0 Å². The van der Waals surface area contributed by atoms with Gasteiger partial charge in [0.25, 0.3) is 0 Å². The molecule has 9 heteroatoms. The minimum atomic E-state index is -1.59. The molecule has 0 fully saturated rings. The van der Waals surface area contributed by atoms with Crippen molar-refractivity contribution >= 4 is 29.1 Å². The molecule has 0 unspecified atom stereocenters. The zero-order chi connectivity index (χ0) is 14.2. The quantitative estimate of drug-likeness (QED) is 0.507. The van der Waals surface area contributed by atoms with E-state index in [-0.39, 0.29) is 23.0 Å². The summed E-state index contributed by atoms with van der Waals surface area (Å²) in [6.45, 7) is 0. The van der Waals surface area contributed by atoms with Crippen LogP contribution in [0.3, 0.4) is 0 Å². The number of anilines is 3. The molecule has 0 radical (unpaired) electrons. The molecule has 100 valence electrons. The van der Waals surface area contributed by atoms with Crippen molar-refractivity contribution in [1.82, 2.24) is 9.97 Å². The Kier molecular flexibility index (Phi) is 3.43. The Balaban J connectivity index is 2.49. The van der Waals surface area contributed by atoms with Gasteiger partial charge in [0.15, 0.2) is 23.3 Å². The van der Waals surface area contributed by atoms with Crippen LogP contribution in [0.4, 0.5) is 35.0 Å². The van der Waals surface area contributed by atoms with E-state index in [0.717, 1.165) is 6.07 Å². The predicted molar refractivity (Wildman–Crippen MR) is 61.0 cm³/mol. The van der Waals surface area contributed by atoms with Crippen LogP contribution < -0.4 is 11.1 Å². The summed E-state index contributed by atoms with van der Waals surface area (Å²) in [5.74, 6) is -6.75. The van der Waals surface area contributed by atoms with Crippen molar-refractivity contribution in [3.63, 3.8) is 0 Å². The molecular weight excluding hydrogens is 288 g/mol. The third-order valence-corrected chi connectivity index (χ3v) is 2.27. The molecule has 0 spiro atoms. The number of nitrogens with one attached hydrogen (secondary N) is 1. The molecule has 0 saturated carbocycles. The number of nitrogens with zero attached hydrogens (tertiary/aromatic N) is 2. The van der Waals surface area contributed by atoms with E-state index in [0.29, 0.717) is 0 Å². The van der Waals surface area contributed by atoms with Crippen LogP contribution in [0.25, 0.3) is 0 Å². The maximum atomic E-state index is 13.4. The topological polar surface area (TPSA) is 63.8 Å². The number of aromatic nitrogens is 2. The van der Waals surface area contributed by atoms with E-state index in [4.69, 9.17) is 17.3 Å². The van der Waals surface area contributed by atoms with Gasteiger partial charge in [0.05, 0.1) is 0 Å². The second-order valence-corrected chi connectivity index (χ2v) is 3.79. The SMILES string of the molecule is Nc1nc(Cl)cc(Nc2c(F)c(F)cc(F)c2F)n1. The minimum Gasteiger partial charge on any atom is -0.368 e. The molecule has 0 aliphatic rings. The summed E-state index contributed by atoms with van der Waals surface area (Å²) in [5.41, 5.74) is 4.23. The Morgan fingerprint density at radius 2 is 1.58 bits per heavy atom. The zero-order valence-electron chi connectivity index (χ0n) is 9.02. The Bertz CT molecular complexity index is 603. The molecule has 0 atom stereocenters. The molecule has 2 rings (SSSR count). The highest BCUT2D eigenvalue weighted by Gasteiger charge is 2.19. The van der Waals surface area contributed by atoms with Gasteiger partial charge in [-0.1, -0.05) is 11.6 Å². The lowest BCUT2D eigenvalue weighted by Gasteiger charge is -2.09. The van der Waals surface area contributed by atoms with E-state index in [1.807, 2.05) is 0 Å². The van der Waals surface area contributed by atoms with E-state index >= 15 is 0 Å². The van der Waals surface area contributed by atoms with Crippen LogP contribution in [0.2, 0.25) is 5.15 Å². The molecule has 0 bridgehead atoms. The number of nitrogens with two attached hydrogens (primary N) is 1. The van der Waals surface area contributed by atoms with E-state index < -0.39 is 29.0 Å². The van der Waals surface area contributed by atoms with Gasteiger partial charge < -0.3 is 11.1 Å². The second-order valence-electron chi connectivity index (χ2n) is 3.40. The first-order valence-corrected chi connectivity index (χ1v) is 5.16. The highest BCUT2D eigenvalue weighted by Crippen LogP contribution is 2.27. The number of hydrogen-bond acceptors (Lipinski definition) is 4. The third-order valence-electron chi connectivity index (χ3n) is 2.08. The maximum Gasteiger partial charge on any atom is 0.223 e. The van der Waals surface area contributed by atoms with Crippen LogP contribution >= 0.6 is 11.6 Å². The molecule has 1 aromatic carbocycles. The van der Waals surface area contributed by atoms with Crippen molar-refractivity contribution in [2.45, 2.75) is 0 Å². The Morgan fingerprint density at radius 3 is 2.11 bits per heavy atom. The molecule has 1 heterocycles. The molecule has 2 aromatic rings. The summed E-state index contributed by atoms with van der Waals surface area (Å²) in [6, 6.07) is 1.18. The largest absolute Gasteiger partial charge is 0.368 e. The fraction of sp³-hybridized carbons (Fsp3) is 0. The Labute approximate surface area is 109 Å². The maximum absolute atomic E-state index is 13.4. The van der Waals surface area contributed by atoms with Crippen LogP contribution in [-0.4, -0.2) is 9.97 Å². The van der Waals surface area contributed by atoms with Crippen molar-refractivity contribution < 1.29 is 17.6 Å². The fourth-order valence-electron chi connectivity index (χ4n) is 1.31. The summed E-state index contributed by atoms with van der Waals surface area (Å²) in [6.07, 6.45) is 0. The lowest BCUT2D eigenvalue weighted by atomic mass is 10.2. The van der Waals surface area contributed by atoms with Gasteiger partial charge >= 0.3 is 0 Å². The summed E-state index contributed by atoms with van der Waals surface area (Å²) in [4.78, 5) is 7.08. The van der Waals surface area contributed by atoms with Gasteiger partial charge in [-0.15, -0.1) is 0 Å². The number of nitrogen functional groups attached to an aromatic ring is 1. The van der Waals surface area contributed by atoms with Crippen LogP contribution in [0.1, 0.15) is 0 Å². The first-order chi connectivity index (χ1) is 8.88. The lowest BCUT2D eigenvalue weighted by Crippen LogP contribution is -2.05. The first kappa shape index (κ1) is 13.3. The zero-order valence-corrected chi connectivity index (χ0v) is 9.77. The fourth-order valence-corrected chi connectivity index (χ4v) is 1.50. The van der Waals surface area contributed by atoms with Crippen molar-refractivity contribution in [1.29, 1.82) is 0 Å². The molecule has 0 aliphatic carbocycles. The van der Waals surface area contributed by atoms with Gasteiger partial charge in [0.2, 0.25) is 5.95 Å². The monoisotopic (exact) mass is 292 g/mol. The summed E-state index contributed by atoms with van der Waals surface area (Å²) < 4.78 is 52.7. The summed E-state index contributed by atoms with van der Waals surface area (Å²) in [5, 5.41) is 1.95. The van der Waals surface area contributed by atoms with Crippen LogP contribution in [-0.2, 0) is 0 Å². The minimum absolute atomic E-state index is 0.0944. The second kappa shape index (κ2) is 4.88. The first-order valence-electron chi connectivity index (χ1n) is 4.78. The van der Waals surface area contributed by atoms with E-state index in [1.165, 1.54) is 0 Å². The molecular formula is C10H5ClF4N4. The summed E-state index contributed by atoms with van der Waals surface area (Å²) in [7, 11) is 0. The van der Waals surface area contributed by atoms with Crippen molar-refractivity contribution in [2.24, 2.45) is 0 Å². The van der Waals surface area contributed by atoms with E-state index in [9.17, 15) is 17.6 Å². The molecule has 0 amide bonds. The van der Waals surface area contributed by atoms with Crippen LogP contribution in [0.5, 0.6) is 0 Å². The average molecular weight is 293 g/mol. The summed E-state index contributed by atoms with van der Waals surface area (Å²) >= 11 is 5.55. The number of hydrogen-bond donors (Lipinski definition) is 2.